The SMILES string of the molecule is COC(=O)c1cccc(NCC(C)(C)C#N)c1. The maximum Gasteiger partial charge on any atom is 0.337 e. The Bertz CT molecular complexity index is 447. The second-order valence-electron chi connectivity index (χ2n) is 4.42. The molecule has 0 aliphatic carbocycles. The van der Waals surface area contributed by atoms with E-state index in [1.165, 1.54) is 7.11 Å². The Labute approximate surface area is 101 Å². The van der Waals surface area contributed by atoms with E-state index in [0.717, 1.165) is 5.69 Å². The molecule has 0 spiro atoms. The van der Waals surface area contributed by atoms with Gasteiger partial charge in [0.2, 0.25) is 0 Å². The van der Waals surface area contributed by atoms with Crippen molar-refractivity contribution < 1.29 is 9.53 Å². The predicted molar refractivity (Wildman–Crippen MR) is 65.7 cm³/mol. The lowest BCUT2D eigenvalue weighted by atomic mass is 9.96. The number of rotatable bonds is 4. The molecule has 0 unspecified atom stereocenters. The third kappa shape index (κ3) is 3.80. The van der Waals surface area contributed by atoms with E-state index < -0.39 is 5.41 Å². The van der Waals surface area contributed by atoms with Crippen LogP contribution < -0.4 is 5.32 Å². The Kier molecular flexibility index (Phi) is 4.11. The fraction of sp³-hybridized carbons (Fsp3) is 0.385. The van der Waals surface area contributed by atoms with Gasteiger partial charge in [-0.25, -0.2) is 4.79 Å². The number of methoxy groups -OCH3 is 1. The first-order valence-corrected chi connectivity index (χ1v) is 5.32. The molecule has 1 aromatic carbocycles. The summed E-state index contributed by atoms with van der Waals surface area (Å²) in [6.07, 6.45) is 0. The number of nitrogens with one attached hydrogen (secondary N) is 1. The van der Waals surface area contributed by atoms with Gasteiger partial charge in [0.15, 0.2) is 0 Å². The second-order valence-corrected chi connectivity index (χ2v) is 4.42. The van der Waals surface area contributed by atoms with Gasteiger partial charge >= 0.3 is 5.97 Å². The van der Waals surface area contributed by atoms with Crippen LogP contribution in [0.15, 0.2) is 24.3 Å². The molecule has 0 saturated heterocycles. The van der Waals surface area contributed by atoms with Crippen molar-refractivity contribution in [2.75, 3.05) is 19.0 Å². The molecule has 0 aliphatic rings. The Balaban J connectivity index is 2.74. The van der Waals surface area contributed by atoms with Gasteiger partial charge < -0.3 is 10.1 Å². The van der Waals surface area contributed by atoms with Gasteiger partial charge in [-0.3, -0.25) is 0 Å². The highest BCUT2D eigenvalue weighted by Gasteiger charge is 2.16. The third-order valence-corrected chi connectivity index (χ3v) is 2.32. The fourth-order valence-corrected chi connectivity index (χ4v) is 1.24. The zero-order valence-corrected chi connectivity index (χ0v) is 10.3. The van der Waals surface area contributed by atoms with Crippen molar-refractivity contribution in [3.63, 3.8) is 0 Å². The van der Waals surface area contributed by atoms with Gasteiger partial charge in [-0.2, -0.15) is 5.26 Å². The zero-order valence-electron chi connectivity index (χ0n) is 10.3. The van der Waals surface area contributed by atoms with Crippen LogP contribution in [0.1, 0.15) is 24.2 Å². The zero-order chi connectivity index (χ0) is 12.9. The van der Waals surface area contributed by atoms with Gasteiger partial charge in [-0.05, 0) is 32.0 Å². The lowest BCUT2D eigenvalue weighted by molar-refractivity contribution is 0.0601. The number of hydrogen-bond acceptors (Lipinski definition) is 4. The van der Waals surface area contributed by atoms with Crippen molar-refractivity contribution in [2.45, 2.75) is 13.8 Å². The molecule has 0 bridgehead atoms. The van der Waals surface area contributed by atoms with E-state index in [1.54, 1.807) is 18.2 Å². The number of carbonyl (C=O) groups excluding carboxylic acids is 1. The van der Waals surface area contributed by atoms with Crippen molar-refractivity contribution in [1.82, 2.24) is 0 Å². The van der Waals surface area contributed by atoms with Crippen LogP contribution in [0.2, 0.25) is 0 Å². The topological polar surface area (TPSA) is 62.1 Å². The molecule has 0 amide bonds. The molecular weight excluding hydrogens is 216 g/mol. The lowest BCUT2D eigenvalue weighted by Gasteiger charge is -2.17. The molecule has 0 aromatic heterocycles. The molecule has 4 nitrogen and oxygen atoms in total. The summed E-state index contributed by atoms with van der Waals surface area (Å²) in [5, 5.41) is 12.0. The molecule has 0 fully saturated rings. The Morgan fingerprint density at radius 1 is 1.53 bits per heavy atom. The number of nitriles is 1. The van der Waals surface area contributed by atoms with E-state index in [1.807, 2.05) is 19.9 Å². The van der Waals surface area contributed by atoms with Crippen LogP contribution >= 0.6 is 0 Å². The van der Waals surface area contributed by atoms with Gasteiger partial charge in [0.1, 0.15) is 0 Å². The van der Waals surface area contributed by atoms with Crippen LogP contribution in [0.25, 0.3) is 0 Å². The minimum Gasteiger partial charge on any atom is -0.465 e. The van der Waals surface area contributed by atoms with Gasteiger partial charge in [-0.15, -0.1) is 0 Å². The highest BCUT2D eigenvalue weighted by atomic mass is 16.5. The number of esters is 1. The first-order chi connectivity index (χ1) is 7.98. The van der Waals surface area contributed by atoms with Crippen LogP contribution in [0, 0.1) is 16.7 Å². The number of anilines is 1. The Morgan fingerprint density at radius 3 is 2.82 bits per heavy atom. The molecule has 1 N–H and O–H groups in total. The molecular formula is C13H16N2O2. The minimum atomic E-state index is -0.443. The third-order valence-electron chi connectivity index (χ3n) is 2.32. The van der Waals surface area contributed by atoms with Gasteiger partial charge in [0, 0.05) is 12.2 Å². The molecule has 1 aromatic rings. The lowest BCUT2D eigenvalue weighted by Crippen LogP contribution is -2.21. The number of hydrogen-bond donors (Lipinski definition) is 1. The molecule has 0 heterocycles. The Morgan fingerprint density at radius 2 is 2.24 bits per heavy atom. The summed E-state index contributed by atoms with van der Waals surface area (Å²) in [4.78, 5) is 11.3. The molecule has 0 radical (unpaired) electrons. The molecule has 0 aliphatic heterocycles. The maximum absolute atomic E-state index is 11.3. The second kappa shape index (κ2) is 5.35. The predicted octanol–water partition coefficient (Wildman–Crippen LogP) is 2.43. The summed E-state index contributed by atoms with van der Waals surface area (Å²) < 4.78 is 4.64. The normalized spacial score (nSPS) is 10.5. The highest BCUT2D eigenvalue weighted by molar-refractivity contribution is 5.90. The van der Waals surface area contributed by atoms with E-state index in [2.05, 4.69) is 16.1 Å². The van der Waals surface area contributed by atoms with Crippen molar-refractivity contribution >= 4 is 11.7 Å². The standard InChI is InChI=1S/C13H16N2O2/c1-13(2,8-14)9-15-11-6-4-5-10(7-11)12(16)17-3/h4-7,15H,9H2,1-3H3. The van der Waals surface area contributed by atoms with Crippen LogP contribution in [-0.2, 0) is 4.74 Å². The number of carbonyl (C=O) groups is 1. The van der Waals surface area contributed by atoms with Crippen molar-refractivity contribution in [1.29, 1.82) is 5.26 Å². The van der Waals surface area contributed by atoms with E-state index >= 15 is 0 Å². The van der Waals surface area contributed by atoms with Gasteiger partial charge in [-0.1, -0.05) is 6.07 Å². The molecule has 1 rings (SSSR count). The van der Waals surface area contributed by atoms with E-state index in [4.69, 9.17) is 5.26 Å². The number of benzene rings is 1. The summed E-state index contributed by atoms with van der Waals surface area (Å²) in [6, 6.07) is 9.22. The summed E-state index contributed by atoms with van der Waals surface area (Å²) >= 11 is 0. The van der Waals surface area contributed by atoms with Crippen LogP contribution in [0.5, 0.6) is 0 Å². The largest absolute Gasteiger partial charge is 0.465 e. The minimum absolute atomic E-state index is 0.367. The van der Waals surface area contributed by atoms with Gasteiger partial charge in [0.05, 0.1) is 24.2 Å². The summed E-state index contributed by atoms with van der Waals surface area (Å²) in [6.45, 7) is 4.22. The average molecular weight is 232 g/mol. The van der Waals surface area contributed by atoms with E-state index in [0.29, 0.717) is 12.1 Å². The van der Waals surface area contributed by atoms with Gasteiger partial charge in [0.25, 0.3) is 0 Å². The fourth-order valence-electron chi connectivity index (χ4n) is 1.24. The molecule has 0 atom stereocenters. The summed E-state index contributed by atoms with van der Waals surface area (Å²) in [5.41, 5.74) is 0.852. The first kappa shape index (κ1) is 13.0. The summed E-state index contributed by atoms with van der Waals surface area (Å²) in [7, 11) is 1.35. The molecule has 0 saturated carbocycles. The van der Waals surface area contributed by atoms with Crippen LogP contribution in [0.3, 0.4) is 0 Å². The molecule has 17 heavy (non-hydrogen) atoms. The molecule has 4 heteroatoms. The first-order valence-electron chi connectivity index (χ1n) is 5.32. The van der Waals surface area contributed by atoms with Crippen LogP contribution in [0.4, 0.5) is 5.69 Å². The van der Waals surface area contributed by atoms with Crippen LogP contribution in [-0.4, -0.2) is 19.6 Å². The smallest absolute Gasteiger partial charge is 0.337 e. The maximum atomic E-state index is 11.3. The monoisotopic (exact) mass is 232 g/mol. The van der Waals surface area contributed by atoms with Crippen molar-refractivity contribution in [3.05, 3.63) is 29.8 Å². The van der Waals surface area contributed by atoms with Crippen molar-refractivity contribution in [2.24, 2.45) is 5.41 Å². The van der Waals surface area contributed by atoms with E-state index in [9.17, 15) is 4.79 Å². The highest BCUT2D eigenvalue weighted by Crippen LogP contribution is 2.16. The van der Waals surface area contributed by atoms with Crippen molar-refractivity contribution in [3.8, 4) is 6.07 Å². The number of ether oxygens (including phenoxy) is 1. The van der Waals surface area contributed by atoms with E-state index in [-0.39, 0.29) is 5.97 Å². The average Bonchev–Trinajstić information content (AvgIpc) is 2.36. The molecule has 90 valence electrons. The summed E-state index contributed by atoms with van der Waals surface area (Å²) in [5.74, 6) is -0.367. The number of nitrogens with zero attached hydrogens (tertiary/aromatic N) is 1. The Hall–Kier alpha value is -2.02. The quantitative estimate of drug-likeness (QED) is 0.810.